The Morgan fingerprint density at radius 1 is 1.21 bits per heavy atom. The molecule has 2 aromatic heterocycles. The fourth-order valence-corrected chi connectivity index (χ4v) is 5.60. The van der Waals surface area contributed by atoms with Crippen molar-refractivity contribution in [3.05, 3.63) is 60.0 Å². The Bertz CT molecular complexity index is 1460. The van der Waals surface area contributed by atoms with Crippen molar-refractivity contribution in [1.29, 1.82) is 5.26 Å². The maximum Gasteiger partial charge on any atom is 0.229 e. The Balaban J connectivity index is 1.08. The van der Waals surface area contributed by atoms with Crippen molar-refractivity contribution in [2.45, 2.75) is 25.9 Å². The van der Waals surface area contributed by atoms with E-state index in [1.54, 1.807) is 36.5 Å². The molecule has 34 heavy (non-hydrogen) atoms. The summed E-state index contributed by atoms with van der Waals surface area (Å²) < 4.78 is 20.0. The van der Waals surface area contributed by atoms with Gasteiger partial charge in [-0.3, -0.25) is 15.1 Å². The number of H-pyrrole nitrogens is 1. The lowest BCUT2D eigenvalue weighted by Gasteiger charge is -2.20. The van der Waals surface area contributed by atoms with Gasteiger partial charge in [0.05, 0.1) is 34.3 Å². The summed E-state index contributed by atoms with van der Waals surface area (Å²) in [6, 6.07) is 13.6. The van der Waals surface area contributed by atoms with Crippen molar-refractivity contribution < 1.29 is 13.9 Å². The number of carbonyl (C=O) groups excluding carboxylic acids is 1. The zero-order valence-electron chi connectivity index (χ0n) is 18.5. The van der Waals surface area contributed by atoms with Crippen LogP contribution in [0.3, 0.4) is 0 Å². The van der Waals surface area contributed by atoms with Gasteiger partial charge in [-0.25, -0.2) is 9.37 Å². The van der Waals surface area contributed by atoms with Gasteiger partial charge in [0.2, 0.25) is 11.9 Å². The molecule has 5 atom stereocenters. The number of benzene rings is 2. The molecule has 7 nitrogen and oxygen atoms in total. The fourth-order valence-electron chi connectivity index (χ4n) is 5.60. The zero-order valence-corrected chi connectivity index (χ0v) is 18.5. The molecular formula is C26H22FN5O2. The van der Waals surface area contributed by atoms with E-state index in [1.807, 2.05) is 6.92 Å². The molecule has 2 N–H and O–H groups in total. The summed E-state index contributed by atoms with van der Waals surface area (Å²) in [4.78, 5) is 24.6. The number of nitrogens with one attached hydrogen (secondary N) is 2. The van der Waals surface area contributed by atoms with Gasteiger partial charge < -0.3 is 9.72 Å². The smallest absolute Gasteiger partial charge is 0.229 e. The third-order valence-corrected chi connectivity index (χ3v) is 7.27. The van der Waals surface area contributed by atoms with Crippen molar-refractivity contribution in [3.8, 4) is 11.8 Å². The Hall–Kier alpha value is -3.99. The maximum absolute atomic E-state index is 13.7. The SMILES string of the molecule is CC(C(=O)Nc1nc2cc(C#N)ccc2[nH]1)[C@H]1[C@@H]2C[C@H](Oc3ccnc4ccc(F)cc34)C[C@@H]21. The molecule has 4 aromatic rings. The average Bonchev–Trinajstić information content (AvgIpc) is 3.15. The van der Waals surface area contributed by atoms with E-state index in [2.05, 4.69) is 26.3 Å². The van der Waals surface area contributed by atoms with E-state index < -0.39 is 0 Å². The van der Waals surface area contributed by atoms with Crippen LogP contribution in [0.2, 0.25) is 0 Å². The molecule has 2 saturated carbocycles. The van der Waals surface area contributed by atoms with E-state index >= 15 is 0 Å². The number of anilines is 1. The third kappa shape index (κ3) is 3.54. The fraction of sp³-hybridized carbons (Fsp3) is 0.308. The van der Waals surface area contributed by atoms with Gasteiger partial charge in [-0.05, 0) is 73.1 Å². The number of pyridine rings is 1. The average molecular weight is 455 g/mol. The molecule has 8 heteroatoms. The van der Waals surface area contributed by atoms with Crippen LogP contribution in [0.25, 0.3) is 21.9 Å². The van der Waals surface area contributed by atoms with E-state index in [4.69, 9.17) is 10.00 Å². The van der Waals surface area contributed by atoms with Crippen LogP contribution in [0.5, 0.6) is 5.75 Å². The molecule has 2 aromatic carbocycles. The topological polar surface area (TPSA) is 104 Å². The van der Waals surface area contributed by atoms with Gasteiger partial charge in [0.1, 0.15) is 11.6 Å². The van der Waals surface area contributed by atoms with Crippen LogP contribution in [0.1, 0.15) is 25.3 Å². The standard InChI is InChI=1S/C26H22FN5O2/c1-13(25(33)32-26-30-21-4-2-14(12-28)8-22(21)31-26)24-17-10-16(11-18(17)24)34-23-6-7-29-20-5-3-15(27)9-19(20)23/h2-9,13,16-18,24H,10-11H2,1H3,(H2,30,31,32,33)/t13?,16-,17+,18-,24-. The number of aromatic amines is 1. The van der Waals surface area contributed by atoms with Crippen molar-refractivity contribution in [2.24, 2.45) is 23.7 Å². The minimum atomic E-state index is -0.311. The first-order chi connectivity index (χ1) is 16.5. The normalized spacial score (nSPS) is 23.9. The second kappa shape index (κ2) is 7.80. The highest BCUT2D eigenvalue weighted by molar-refractivity contribution is 5.93. The number of amides is 1. The number of halogens is 1. The molecule has 2 fully saturated rings. The number of hydrogen-bond donors (Lipinski definition) is 2. The van der Waals surface area contributed by atoms with E-state index in [0.29, 0.717) is 51.4 Å². The number of nitriles is 1. The highest BCUT2D eigenvalue weighted by Crippen LogP contribution is 2.61. The van der Waals surface area contributed by atoms with Crippen LogP contribution in [-0.2, 0) is 4.79 Å². The Morgan fingerprint density at radius 2 is 2.03 bits per heavy atom. The largest absolute Gasteiger partial charge is 0.490 e. The molecule has 2 heterocycles. The Morgan fingerprint density at radius 3 is 2.82 bits per heavy atom. The van der Waals surface area contributed by atoms with Crippen LogP contribution >= 0.6 is 0 Å². The first-order valence-electron chi connectivity index (χ1n) is 11.4. The number of aromatic nitrogens is 3. The van der Waals surface area contributed by atoms with Gasteiger partial charge in [-0.1, -0.05) is 6.92 Å². The number of rotatable bonds is 5. The predicted octanol–water partition coefficient (Wildman–Crippen LogP) is 4.80. The molecule has 0 saturated heterocycles. The summed E-state index contributed by atoms with van der Waals surface area (Å²) in [6.07, 6.45) is 3.50. The quantitative estimate of drug-likeness (QED) is 0.450. The summed E-state index contributed by atoms with van der Waals surface area (Å²) in [6.45, 7) is 1.96. The highest BCUT2D eigenvalue weighted by Gasteiger charge is 2.59. The van der Waals surface area contributed by atoms with Crippen molar-refractivity contribution in [3.63, 3.8) is 0 Å². The molecule has 0 aliphatic heterocycles. The predicted molar refractivity (Wildman–Crippen MR) is 124 cm³/mol. The Kier molecular flexibility index (Phi) is 4.73. The second-order valence-electron chi connectivity index (χ2n) is 9.29. The van der Waals surface area contributed by atoms with Crippen LogP contribution in [0.4, 0.5) is 10.3 Å². The van der Waals surface area contributed by atoms with Gasteiger partial charge in [0.15, 0.2) is 0 Å². The van der Waals surface area contributed by atoms with E-state index in [-0.39, 0.29) is 23.7 Å². The first-order valence-corrected chi connectivity index (χ1v) is 11.4. The molecule has 1 amide bonds. The Labute approximate surface area is 195 Å². The highest BCUT2D eigenvalue weighted by atomic mass is 19.1. The molecule has 6 rings (SSSR count). The van der Waals surface area contributed by atoms with E-state index in [9.17, 15) is 9.18 Å². The molecule has 0 spiro atoms. The van der Waals surface area contributed by atoms with Crippen LogP contribution < -0.4 is 10.1 Å². The molecule has 2 aliphatic carbocycles. The van der Waals surface area contributed by atoms with Crippen LogP contribution in [-0.4, -0.2) is 27.0 Å². The lowest BCUT2D eigenvalue weighted by atomic mass is 9.97. The second-order valence-corrected chi connectivity index (χ2v) is 9.29. The minimum absolute atomic E-state index is 0.0556. The molecule has 170 valence electrons. The van der Waals surface area contributed by atoms with Gasteiger partial charge in [0, 0.05) is 17.5 Å². The first kappa shape index (κ1) is 20.6. The number of ether oxygens (including phenoxy) is 1. The number of carbonyl (C=O) groups is 1. The number of fused-ring (bicyclic) bond motifs is 3. The van der Waals surface area contributed by atoms with Gasteiger partial charge in [-0.2, -0.15) is 5.26 Å². The molecule has 1 unspecified atom stereocenters. The summed E-state index contributed by atoms with van der Waals surface area (Å²) >= 11 is 0. The maximum atomic E-state index is 13.7. The zero-order chi connectivity index (χ0) is 23.4. The number of imidazole rings is 1. The summed E-state index contributed by atoms with van der Waals surface area (Å²) in [7, 11) is 0. The van der Waals surface area contributed by atoms with E-state index in [0.717, 1.165) is 18.4 Å². The van der Waals surface area contributed by atoms with Gasteiger partial charge in [-0.15, -0.1) is 0 Å². The van der Waals surface area contributed by atoms with Crippen LogP contribution in [0.15, 0.2) is 48.7 Å². The lowest BCUT2D eigenvalue weighted by molar-refractivity contribution is -0.120. The van der Waals surface area contributed by atoms with Gasteiger partial charge >= 0.3 is 0 Å². The summed E-state index contributed by atoms with van der Waals surface area (Å²) in [5.41, 5.74) is 2.65. The molecular weight excluding hydrogens is 433 g/mol. The molecule has 2 aliphatic rings. The minimum Gasteiger partial charge on any atom is -0.490 e. The monoisotopic (exact) mass is 455 g/mol. The van der Waals surface area contributed by atoms with Gasteiger partial charge in [0.25, 0.3) is 0 Å². The molecule has 0 radical (unpaired) electrons. The number of hydrogen-bond acceptors (Lipinski definition) is 5. The van der Waals surface area contributed by atoms with Crippen molar-refractivity contribution in [2.75, 3.05) is 5.32 Å². The lowest BCUT2D eigenvalue weighted by Crippen LogP contribution is -2.26. The number of nitrogens with zero attached hydrogens (tertiary/aromatic N) is 3. The summed E-state index contributed by atoms with van der Waals surface area (Å²) in [5, 5.41) is 12.6. The van der Waals surface area contributed by atoms with Crippen LogP contribution in [0, 0.1) is 40.8 Å². The van der Waals surface area contributed by atoms with Crippen molar-refractivity contribution >= 4 is 33.8 Å². The summed E-state index contributed by atoms with van der Waals surface area (Å²) in [5.74, 6) is 1.75. The van der Waals surface area contributed by atoms with E-state index in [1.165, 1.54) is 12.1 Å². The third-order valence-electron chi connectivity index (χ3n) is 7.27. The molecule has 0 bridgehead atoms. The van der Waals surface area contributed by atoms with Crippen molar-refractivity contribution in [1.82, 2.24) is 15.0 Å².